The normalized spacial score (nSPS) is 25.2. The second-order valence-corrected chi connectivity index (χ2v) is 6.35. The van der Waals surface area contributed by atoms with Crippen LogP contribution in [0.3, 0.4) is 0 Å². The van der Waals surface area contributed by atoms with Crippen LogP contribution < -0.4 is 5.73 Å². The van der Waals surface area contributed by atoms with Gasteiger partial charge in [0.05, 0.1) is 41.2 Å². The largest absolute Gasteiger partial charge is 0.373 e. The lowest BCUT2D eigenvalue weighted by molar-refractivity contribution is 0.0382. The zero-order chi connectivity index (χ0) is 14.0. The van der Waals surface area contributed by atoms with Crippen molar-refractivity contribution in [1.82, 2.24) is 14.7 Å². The van der Waals surface area contributed by atoms with E-state index in [1.54, 1.807) is 0 Å². The highest BCUT2D eigenvalue weighted by molar-refractivity contribution is 9.10. The summed E-state index contributed by atoms with van der Waals surface area (Å²) in [5.41, 5.74) is 7.43. The third kappa shape index (κ3) is 3.56. The van der Waals surface area contributed by atoms with Crippen LogP contribution >= 0.6 is 15.9 Å². The average Bonchev–Trinajstić information content (AvgIpc) is 2.92. The molecule has 5 nitrogen and oxygen atoms in total. The zero-order valence-corrected chi connectivity index (χ0v) is 13.4. The molecule has 3 atom stereocenters. The van der Waals surface area contributed by atoms with Crippen molar-refractivity contribution in [2.45, 2.75) is 44.6 Å². The Kier molecular flexibility index (Phi) is 5.00. The van der Waals surface area contributed by atoms with E-state index in [2.05, 4.69) is 46.9 Å². The third-order valence-corrected chi connectivity index (χ3v) is 4.18. The third-order valence-electron chi connectivity index (χ3n) is 3.57. The number of hydrogen-bond donors (Lipinski definition) is 1. The molecular weight excluding hydrogens is 308 g/mol. The van der Waals surface area contributed by atoms with Gasteiger partial charge in [0.15, 0.2) is 0 Å². The van der Waals surface area contributed by atoms with E-state index < -0.39 is 0 Å². The zero-order valence-electron chi connectivity index (χ0n) is 11.8. The summed E-state index contributed by atoms with van der Waals surface area (Å²) in [4.78, 5) is 2.14. The van der Waals surface area contributed by atoms with Crippen LogP contribution in [-0.2, 0) is 11.3 Å². The average molecular weight is 331 g/mol. The number of halogens is 1. The maximum atomic E-state index is 6.39. The second-order valence-electron chi connectivity index (χ2n) is 5.49. The fraction of sp³-hybridized carbons (Fsp3) is 0.769. The van der Waals surface area contributed by atoms with Gasteiger partial charge in [-0.1, -0.05) is 0 Å². The Labute approximate surface area is 123 Å². The van der Waals surface area contributed by atoms with E-state index in [0.717, 1.165) is 36.1 Å². The number of rotatable bonds is 5. The molecule has 1 saturated heterocycles. The minimum Gasteiger partial charge on any atom is -0.373 e. The van der Waals surface area contributed by atoms with Crippen molar-refractivity contribution in [1.29, 1.82) is 0 Å². The first-order valence-corrected chi connectivity index (χ1v) is 7.55. The predicted octanol–water partition coefficient (Wildman–Crippen LogP) is 1.77. The molecule has 0 radical (unpaired) electrons. The molecule has 2 heterocycles. The fourth-order valence-electron chi connectivity index (χ4n) is 2.45. The van der Waals surface area contributed by atoms with Crippen molar-refractivity contribution in [2.75, 3.05) is 20.6 Å². The number of ether oxygens (including phenoxy) is 1. The molecule has 3 unspecified atom stereocenters. The van der Waals surface area contributed by atoms with E-state index in [4.69, 9.17) is 10.5 Å². The van der Waals surface area contributed by atoms with Crippen LogP contribution in [0.15, 0.2) is 10.7 Å². The minimum atomic E-state index is -0.121. The van der Waals surface area contributed by atoms with Crippen LogP contribution in [0.2, 0.25) is 0 Å². The summed E-state index contributed by atoms with van der Waals surface area (Å²) in [5, 5.41) is 4.41. The molecule has 1 aliphatic rings. The number of nitrogens with two attached hydrogens (primary N) is 1. The lowest BCUT2D eigenvalue weighted by Gasteiger charge is -2.22. The summed E-state index contributed by atoms with van der Waals surface area (Å²) in [6, 6.07) is -0.121. The van der Waals surface area contributed by atoms with E-state index >= 15 is 0 Å². The minimum absolute atomic E-state index is 0.0982. The molecule has 1 aromatic heterocycles. The van der Waals surface area contributed by atoms with Crippen molar-refractivity contribution in [3.63, 3.8) is 0 Å². The van der Waals surface area contributed by atoms with Gasteiger partial charge in [-0.05, 0) is 49.8 Å². The lowest BCUT2D eigenvalue weighted by Crippen LogP contribution is -2.30. The van der Waals surface area contributed by atoms with E-state index in [-0.39, 0.29) is 12.1 Å². The molecular formula is C13H23BrN4O. The molecule has 2 rings (SSSR count). The Bertz CT molecular complexity index is 421. The number of hydrogen-bond acceptors (Lipinski definition) is 4. The quantitative estimate of drug-likeness (QED) is 0.894. The molecule has 1 aromatic rings. The molecule has 1 aliphatic heterocycles. The first kappa shape index (κ1) is 15.0. The van der Waals surface area contributed by atoms with Gasteiger partial charge < -0.3 is 15.4 Å². The summed E-state index contributed by atoms with van der Waals surface area (Å²) in [5.74, 6) is 0. The van der Waals surface area contributed by atoms with Gasteiger partial charge in [-0.15, -0.1) is 0 Å². The van der Waals surface area contributed by atoms with Crippen LogP contribution in [0.5, 0.6) is 0 Å². The molecule has 2 N–H and O–H groups in total. The molecule has 0 aliphatic carbocycles. The monoisotopic (exact) mass is 330 g/mol. The highest BCUT2D eigenvalue weighted by atomic mass is 79.9. The van der Waals surface area contributed by atoms with Crippen LogP contribution in [0.1, 0.15) is 31.5 Å². The summed E-state index contributed by atoms with van der Waals surface area (Å²) in [7, 11) is 4.11. The van der Waals surface area contributed by atoms with Gasteiger partial charge in [0.1, 0.15) is 0 Å². The summed E-state index contributed by atoms with van der Waals surface area (Å²) < 4.78 is 8.85. The van der Waals surface area contributed by atoms with E-state index in [0.29, 0.717) is 6.10 Å². The van der Waals surface area contributed by atoms with Gasteiger partial charge in [-0.2, -0.15) is 5.10 Å². The van der Waals surface area contributed by atoms with Gasteiger partial charge in [0, 0.05) is 6.54 Å². The van der Waals surface area contributed by atoms with Crippen molar-refractivity contribution in [3.8, 4) is 0 Å². The first-order chi connectivity index (χ1) is 8.99. The van der Waals surface area contributed by atoms with Crippen LogP contribution in [-0.4, -0.2) is 47.5 Å². The smallest absolute Gasteiger partial charge is 0.0787 e. The summed E-state index contributed by atoms with van der Waals surface area (Å²) in [6.45, 7) is 3.88. The number of aromatic nitrogens is 2. The molecule has 0 amide bonds. The molecule has 0 bridgehead atoms. The Morgan fingerprint density at radius 3 is 2.89 bits per heavy atom. The Hall–Kier alpha value is -0.430. The SMILES string of the molecule is CC1CCC(C(N)c2c(Br)cnn2CCN(C)C)O1. The van der Waals surface area contributed by atoms with E-state index in [1.807, 2.05) is 10.9 Å². The van der Waals surface area contributed by atoms with Gasteiger partial charge in [-0.3, -0.25) is 4.68 Å². The predicted molar refractivity (Wildman–Crippen MR) is 79.0 cm³/mol. The summed E-state index contributed by atoms with van der Waals surface area (Å²) in [6.07, 6.45) is 4.34. The van der Waals surface area contributed by atoms with Gasteiger partial charge in [0.25, 0.3) is 0 Å². The van der Waals surface area contributed by atoms with Crippen molar-refractivity contribution in [3.05, 3.63) is 16.4 Å². The molecule has 108 valence electrons. The van der Waals surface area contributed by atoms with E-state index in [9.17, 15) is 0 Å². The Morgan fingerprint density at radius 2 is 2.32 bits per heavy atom. The Balaban J connectivity index is 2.11. The highest BCUT2D eigenvalue weighted by Gasteiger charge is 2.31. The van der Waals surface area contributed by atoms with Gasteiger partial charge in [-0.25, -0.2) is 0 Å². The lowest BCUT2D eigenvalue weighted by atomic mass is 10.1. The molecule has 19 heavy (non-hydrogen) atoms. The second kappa shape index (κ2) is 6.35. The molecule has 0 aromatic carbocycles. The number of likely N-dealkylation sites (N-methyl/N-ethyl adjacent to an activating group) is 1. The van der Waals surface area contributed by atoms with Crippen LogP contribution in [0, 0.1) is 0 Å². The van der Waals surface area contributed by atoms with Crippen LogP contribution in [0.25, 0.3) is 0 Å². The van der Waals surface area contributed by atoms with E-state index in [1.165, 1.54) is 0 Å². The molecule has 0 spiro atoms. The molecule has 0 saturated carbocycles. The molecule has 1 fully saturated rings. The topological polar surface area (TPSA) is 56.3 Å². The Morgan fingerprint density at radius 1 is 1.58 bits per heavy atom. The van der Waals surface area contributed by atoms with Crippen molar-refractivity contribution >= 4 is 15.9 Å². The maximum Gasteiger partial charge on any atom is 0.0787 e. The van der Waals surface area contributed by atoms with Crippen LogP contribution in [0.4, 0.5) is 0 Å². The first-order valence-electron chi connectivity index (χ1n) is 6.76. The molecule has 6 heteroatoms. The summed E-state index contributed by atoms with van der Waals surface area (Å²) >= 11 is 3.55. The number of nitrogens with zero attached hydrogens (tertiary/aromatic N) is 3. The fourth-order valence-corrected chi connectivity index (χ4v) is 3.01. The van der Waals surface area contributed by atoms with Crippen molar-refractivity contribution < 1.29 is 4.74 Å². The van der Waals surface area contributed by atoms with Gasteiger partial charge in [0.2, 0.25) is 0 Å². The highest BCUT2D eigenvalue weighted by Crippen LogP contribution is 2.31. The maximum absolute atomic E-state index is 6.39. The van der Waals surface area contributed by atoms with Crippen molar-refractivity contribution in [2.24, 2.45) is 5.73 Å². The van der Waals surface area contributed by atoms with Gasteiger partial charge >= 0.3 is 0 Å². The standard InChI is InChI=1S/C13H23BrN4O/c1-9-4-5-11(19-9)12(15)13-10(14)8-16-18(13)7-6-17(2)3/h8-9,11-12H,4-7,15H2,1-3H3.